The summed E-state index contributed by atoms with van der Waals surface area (Å²) in [6.45, 7) is 3.71. The minimum atomic E-state index is -3.56. The van der Waals surface area contributed by atoms with Crippen molar-refractivity contribution in [2.24, 2.45) is 0 Å². The van der Waals surface area contributed by atoms with Crippen molar-refractivity contribution in [1.29, 1.82) is 0 Å². The molecular weight excluding hydrogens is 294 g/mol. The predicted molar refractivity (Wildman–Crippen MR) is 82.7 cm³/mol. The van der Waals surface area contributed by atoms with E-state index in [9.17, 15) is 8.42 Å². The van der Waals surface area contributed by atoms with Gasteiger partial charge in [-0.25, -0.2) is 13.1 Å². The molecule has 0 fully saturated rings. The van der Waals surface area contributed by atoms with Gasteiger partial charge < -0.3 is 5.11 Å². The van der Waals surface area contributed by atoms with Gasteiger partial charge in [-0.2, -0.15) is 0 Å². The van der Waals surface area contributed by atoms with Gasteiger partial charge in [0.2, 0.25) is 10.0 Å². The predicted octanol–water partition coefficient (Wildman–Crippen LogP) is 2.65. The molecule has 0 saturated heterocycles. The molecule has 0 aliphatic carbocycles. The third kappa shape index (κ3) is 3.03. The van der Waals surface area contributed by atoms with Crippen LogP contribution in [0, 0.1) is 6.92 Å². The normalized spacial score (nSPS) is 13.8. The molecule has 0 saturated carbocycles. The van der Waals surface area contributed by atoms with Gasteiger partial charge in [-0.1, -0.05) is 25.1 Å². The summed E-state index contributed by atoms with van der Waals surface area (Å²) in [5, 5.41) is 9.75. The van der Waals surface area contributed by atoms with Crippen molar-refractivity contribution in [2.75, 3.05) is 6.61 Å². The lowest BCUT2D eigenvalue weighted by molar-refractivity contribution is 0.270. The molecule has 2 N–H and O–H groups in total. The fourth-order valence-electron chi connectivity index (χ4n) is 2.26. The van der Waals surface area contributed by atoms with Crippen molar-refractivity contribution in [2.45, 2.75) is 37.6 Å². The second-order valence-corrected chi connectivity index (χ2v) is 7.63. The van der Waals surface area contributed by atoms with Crippen molar-refractivity contribution in [1.82, 2.24) is 4.72 Å². The lowest BCUT2D eigenvalue weighted by Crippen LogP contribution is -2.35. The maximum atomic E-state index is 12.6. The van der Waals surface area contributed by atoms with E-state index in [1.165, 1.54) is 11.3 Å². The zero-order chi connectivity index (χ0) is 14.8. The van der Waals surface area contributed by atoms with Crippen LogP contribution in [-0.2, 0) is 10.0 Å². The fourth-order valence-corrected chi connectivity index (χ4v) is 5.42. The molecule has 1 aromatic heterocycles. The second kappa shape index (κ2) is 6.22. The minimum absolute atomic E-state index is 0.0234. The summed E-state index contributed by atoms with van der Waals surface area (Å²) in [5.41, 5.74) is 0. The molecule has 2 rings (SSSR count). The van der Waals surface area contributed by atoms with Gasteiger partial charge in [0.1, 0.15) is 4.90 Å². The monoisotopic (exact) mass is 313 g/mol. The molecule has 0 aliphatic heterocycles. The molecule has 1 unspecified atom stereocenters. The molecule has 110 valence electrons. The Morgan fingerprint density at radius 3 is 2.70 bits per heavy atom. The van der Waals surface area contributed by atoms with Crippen LogP contribution >= 0.6 is 11.3 Å². The highest BCUT2D eigenvalue weighted by Gasteiger charge is 2.24. The van der Waals surface area contributed by atoms with Crippen molar-refractivity contribution in [3.05, 3.63) is 29.1 Å². The maximum absolute atomic E-state index is 12.6. The number of fused-ring (bicyclic) bond motifs is 1. The standard InChI is InChI=1S/C14H19NO3S2/c1-3-11(8-9-16)15-20(17,18)14-10(2)19-13-7-5-4-6-12(13)14/h4-7,11,15-16H,3,8-9H2,1-2H3. The SMILES string of the molecule is CCC(CCO)NS(=O)(=O)c1c(C)sc2ccccc12. The molecule has 1 atom stereocenters. The Labute approximate surface area is 123 Å². The Bertz CT molecular complexity index is 692. The first-order valence-electron chi connectivity index (χ1n) is 6.61. The van der Waals surface area contributed by atoms with E-state index >= 15 is 0 Å². The van der Waals surface area contributed by atoms with Crippen LogP contribution in [-0.4, -0.2) is 26.2 Å². The van der Waals surface area contributed by atoms with E-state index in [1.54, 1.807) is 0 Å². The van der Waals surface area contributed by atoms with E-state index in [0.717, 1.165) is 15.0 Å². The highest BCUT2D eigenvalue weighted by molar-refractivity contribution is 7.90. The Morgan fingerprint density at radius 2 is 2.05 bits per heavy atom. The first-order valence-corrected chi connectivity index (χ1v) is 8.91. The second-order valence-electron chi connectivity index (χ2n) is 4.72. The third-order valence-corrected chi connectivity index (χ3v) is 6.20. The van der Waals surface area contributed by atoms with Crippen molar-refractivity contribution in [3.63, 3.8) is 0 Å². The van der Waals surface area contributed by atoms with E-state index in [1.807, 2.05) is 38.1 Å². The van der Waals surface area contributed by atoms with Crippen LogP contribution in [0.3, 0.4) is 0 Å². The fraction of sp³-hybridized carbons (Fsp3) is 0.429. The summed E-state index contributed by atoms with van der Waals surface area (Å²) >= 11 is 1.49. The topological polar surface area (TPSA) is 66.4 Å². The van der Waals surface area contributed by atoms with Crippen molar-refractivity contribution < 1.29 is 13.5 Å². The number of nitrogens with one attached hydrogen (secondary N) is 1. The van der Waals surface area contributed by atoms with E-state index in [4.69, 9.17) is 5.11 Å². The smallest absolute Gasteiger partial charge is 0.242 e. The number of aliphatic hydroxyl groups excluding tert-OH is 1. The van der Waals surface area contributed by atoms with Crippen LogP contribution in [0.4, 0.5) is 0 Å². The number of benzene rings is 1. The molecule has 6 heteroatoms. The summed E-state index contributed by atoms with van der Waals surface area (Å²) in [5.74, 6) is 0. The Kier molecular flexibility index (Phi) is 4.80. The summed E-state index contributed by atoms with van der Waals surface area (Å²) in [6, 6.07) is 7.28. The number of hydrogen-bond acceptors (Lipinski definition) is 4. The molecule has 0 amide bonds. The maximum Gasteiger partial charge on any atom is 0.242 e. The van der Waals surface area contributed by atoms with Gasteiger partial charge in [0.05, 0.1) is 0 Å². The number of aryl methyl sites for hydroxylation is 1. The van der Waals surface area contributed by atoms with Crippen LogP contribution in [0.5, 0.6) is 0 Å². The van der Waals surface area contributed by atoms with E-state index in [-0.39, 0.29) is 12.6 Å². The van der Waals surface area contributed by atoms with Crippen LogP contribution < -0.4 is 4.72 Å². The van der Waals surface area contributed by atoms with Gasteiger partial charge in [0.15, 0.2) is 0 Å². The van der Waals surface area contributed by atoms with E-state index in [0.29, 0.717) is 17.7 Å². The molecule has 20 heavy (non-hydrogen) atoms. The molecule has 0 aliphatic rings. The molecule has 1 heterocycles. The summed E-state index contributed by atoms with van der Waals surface area (Å²) in [4.78, 5) is 1.16. The number of rotatable bonds is 6. The highest BCUT2D eigenvalue weighted by Crippen LogP contribution is 2.34. The summed E-state index contributed by atoms with van der Waals surface area (Å²) < 4.78 is 28.8. The van der Waals surface area contributed by atoms with Crippen LogP contribution in [0.2, 0.25) is 0 Å². The zero-order valence-corrected chi connectivity index (χ0v) is 13.2. The molecule has 0 spiro atoms. The van der Waals surface area contributed by atoms with Gasteiger partial charge in [0.25, 0.3) is 0 Å². The van der Waals surface area contributed by atoms with Crippen molar-refractivity contribution in [3.8, 4) is 0 Å². The van der Waals surface area contributed by atoms with E-state index in [2.05, 4.69) is 4.72 Å². The molecule has 1 aromatic carbocycles. The van der Waals surface area contributed by atoms with Gasteiger partial charge in [0, 0.05) is 27.6 Å². The average molecular weight is 313 g/mol. The van der Waals surface area contributed by atoms with Crippen molar-refractivity contribution >= 4 is 31.4 Å². The first-order chi connectivity index (χ1) is 9.49. The molecule has 2 aromatic rings. The Balaban J connectivity index is 2.44. The first kappa shape index (κ1) is 15.4. The summed E-state index contributed by atoms with van der Waals surface area (Å²) in [6.07, 6.45) is 1.08. The Morgan fingerprint density at radius 1 is 1.35 bits per heavy atom. The van der Waals surface area contributed by atoms with Gasteiger partial charge >= 0.3 is 0 Å². The van der Waals surface area contributed by atoms with Crippen LogP contribution in [0.25, 0.3) is 10.1 Å². The largest absolute Gasteiger partial charge is 0.396 e. The number of sulfonamides is 1. The quantitative estimate of drug-likeness (QED) is 0.861. The lowest BCUT2D eigenvalue weighted by atomic mass is 10.2. The number of thiophene rings is 1. The molecule has 0 bridgehead atoms. The zero-order valence-electron chi connectivity index (χ0n) is 11.6. The van der Waals surface area contributed by atoms with Crippen LogP contribution in [0.15, 0.2) is 29.2 Å². The minimum Gasteiger partial charge on any atom is -0.396 e. The molecular formula is C14H19NO3S2. The highest BCUT2D eigenvalue weighted by atomic mass is 32.2. The van der Waals surface area contributed by atoms with Crippen LogP contribution in [0.1, 0.15) is 24.6 Å². The van der Waals surface area contributed by atoms with E-state index < -0.39 is 10.0 Å². The van der Waals surface area contributed by atoms with Gasteiger partial charge in [-0.3, -0.25) is 0 Å². The Hall–Kier alpha value is -0.950. The summed E-state index contributed by atoms with van der Waals surface area (Å²) in [7, 11) is -3.56. The number of hydrogen-bond donors (Lipinski definition) is 2. The average Bonchev–Trinajstić information content (AvgIpc) is 2.74. The number of aliphatic hydroxyl groups is 1. The van der Waals surface area contributed by atoms with Gasteiger partial charge in [-0.05, 0) is 25.8 Å². The van der Waals surface area contributed by atoms with Gasteiger partial charge in [-0.15, -0.1) is 11.3 Å². The molecule has 4 nitrogen and oxygen atoms in total. The lowest BCUT2D eigenvalue weighted by Gasteiger charge is -2.16. The third-order valence-electron chi connectivity index (χ3n) is 3.28. The molecule has 0 radical (unpaired) electrons.